The number of urea groups is 1. The zero-order chi connectivity index (χ0) is 13.1. The van der Waals surface area contributed by atoms with E-state index in [0.29, 0.717) is 12.5 Å². The van der Waals surface area contributed by atoms with Gasteiger partial charge in [-0.1, -0.05) is 6.92 Å². The maximum Gasteiger partial charge on any atom is 0.320 e. The van der Waals surface area contributed by atoms with Gasteiger partial charge in [-0.05, 0) is 25.7 Å². The van der Waals surface area contributed by atoms with E-state index in [-0.39, 0.29) is 6.03 Å². The Balaban J connectivity index is 1.94. The van der Waals surface area contributed by atoms with Crippen LogP contribution in [0.25, 0.3) is 0 Å². The molecule has 4 nitrogen and oxygen atoms in total. The van der Waals surface area contributed by atoms with Gasteiger partial charge in [0, 0.05) is 25.0 Å². The molecule has 0 aliphatic carbocycles. The van der Waals surface area contributed by atoms with Gasteiger partial charge in [-0.3, -0.25) is 0 Å². The molecule has 1 unspecified atom stereocenters. The molecular weight excluding hydrogens is 246 g/mol. The molecule has 0 spiro atoms. The average Bonchev–Trinajstić information content (AvgIpc) is 2.74. The van der Waals surface area contributed by atoms with E-state index in [1.807, 2.05) is 24.4 Å². The Bertz CT molecular complexity index is 418. The van der Waals surface area contributed by atoms with Crippen molar-refractivity contribution in [3.63, 3.8) is 0 Å². The lowest BCUT2D eigenvalue weighted by molar-refractivity contribution is 0.138. The number of amides is 2. The molecule has 0 saturated carbocycles. The van der Waals surface area contributed by atoms with E-state index in [1.165, 1.54) is 11.3 Å². The lowest BCUT2D eigenvalue weighted by Crippen LogP contribution is -2.45. The largest absolute Gasteiger partial charge is 0.324 e. The highest BCUT2D eigenvalue weighted by atomic mass is 32.1. The number of hydrogen-bond acceptors (Lipinski definition) is 3. The van der Waals surface area contributed by atoms with Crippen LogP contribution in [0.4, 0.5) is 4.79 Å². The monoisotopic (exact) mass is 267 g/mol. The minimum Gasteiger partial charge on any atom is -0.324 e. The van der Waals surface area contributed by atoms with Crippen molar-refractivity contribution in [2.24, 2.45) is 5.92 Å². The van der Waals surface area contributed by atoms with Gasteiger partial charge in [0.2, 0.25) is 0 Å². The van der Waals surface area contributed by atoms with Gasteiger partial charge in [0.05, 0.1) is 17.7 Å². The fourth-order valence-electron chi connectivity index (χ4n) is 2.37. The van der Waals surface area contributed by atoms with Crippen LogP contribution in [0.5, 0.6) is 0 Å². The maximum absolute atomic E-state index is 12.3. The fraction of sp³-hybridized carbons (Fsp3) is 0.692. The first-order valence-corrected chi connectivity index (χ1v) is 7.35. The van der Waals surface area contributed by atoms with Crippen LogP contribution in [0.3, 0.4) is 0 Å². The SMILES string of the molecule is Cc1ncsc1CN(C)C(=O)N1CCCC(C)C1. The van der Waals surface area contributed by atoms with Gasteiger partial charge in [-0.2, -0.15) is 0 Å². The summed E-state index contributed by atoms with van der Waals surface area (Å²) < 4.78 is 0. The molecule has 1 aliphatic rings. The molecule has 0 aromatic carbocycles. The Hall–Kier alpha value is -1.10. The molecule has 2 rings (SSSR count). The van der Waals surface area contributed by atoms with Gasteiger partial charge < -0.3 is 9.80 Å². The van der Waals surface area contributed by atoms with Crippen molar-refractivity contribution in [2.75, 3.05) is 20.1 Å². The van der Waals surface area contributed by atoms with Crippen LogP contribution in [0.1, 0.15) is 30.3 Å². The first-order valence-electron chi connectivity index (χ1n) is 6.47. The minimum absolute atomic E-state index is 0.148. The molecule has 0 bridgehead atoms. The number of thiazole rings is 1. The number of aryl methyl sites for hydroxylation is 1. The Morgan fingerprint density at radius 1 is 1.67 bits per heavy atom. The number of aromatic nitrogens is 1. The van der Waals surface area contributed by atoms with E-state index in [0.717, 1.165) is 25.2 Å². The van der Waals surface area contributed by atoms with E-state index in [9.17, 15) is 4.79 Å². The number of carbonyl (C=O) groups is 1. The van der Waals surface area contributed by atoms with Crippen LogP contribution >= 0.6 is 11.3 Å². The number of rotatable bonds is 2. The van der Waals surface area contributed by atoms with Crippen molar-refractivity contribution in [3.05, 3.63) is 16.1 Å². The van der Waals surface area contributed by atoms with Gasteiger partial charge in [-0.15, -0.1) is 11.3 Å². The number of nitrogens with zero attached hydrogens (tertiary/aromatic N) is 3. The predicted molar refractivity (Wildman–Crippen MR) is 73.7 cm³/mol. The molecule has 5 heteroatoms. The quantitative estimate of drug-likeness (QED) is 0.826. The number of hydrogen-bond donors (Lipinski definition) is 0. The van der Waals surface area contributed by atoms with Gasteiger partial charge in [-0.25, -0.2) is 9.78 Å². The van der Waals surface area contributed by atoms with E-state index >= 15 is 0 Å². The molecule has 100 valence electrons. The van der Waals surface area contributed by atoms with Gasteiger partial charge in [0.25, 0.3) is 0 Å². The van der Waals surface area contributed by atoms with Crippen molar-refractivity contribution in [3.8, 4) is 0 Å². The summed E-state index contributed by atoms with van der Waals surface area (Å²) in [5, 5.41) is 0. The zero-order valence-corrected chi connectivity index (χ0v) is 12.2. The summed E-state index contributed by atoms with van der Waals surface area (Å²) in [5.41, 5.74) is 2.87. The summed E-state index contributed by atoms with van der Waals surface area (Å²) in [5.74, 6) is 0.626. The van der Waals surface area contributed by atoms with Crippen LogP contribution in [0.2, 0.25) is 0 Å². The Kier molecular flexibility index (Phi) is 4.22. The maximum atomic E-state index is 12.3. The number of carbonyl (C=O) groups excluding carboxylic acids is 1. The van der Waals surface area contributed by atoms with Crippen molar-refractivity contribution in [2.45, 2.75) is 33.2 Å². The molecule has 1 atom stereocenters. The summed E-state index contributed by atoms with van der Waals surface area (Å²) in [6.07, 6.45) is 2.36. The summed E-state index contributed by atoms with van der Waals surface area (Å²) in [6.45, 7) is 6.67. The molecule has 1 fully saturated rings. The molecule has 18 heavy (non-hydrogen) atoms. The highest BCUT2D eigenvalue weighted by Crippen LogP contribution is 2.19. The van der Waals surface area contributed by atoms with Crippen LogP contribution in [-0.2, 0) is 6.54 Å². The molecule has 2 heterocycles. The summed E-state index contributed by atoms with van der Waals surface area (Å²) in [7, 11) is 1.88. The van der Waals surface area contributed by atoms with Gasteiger partial charge in [0.15, 0.2) is 0 Å². The zero-order valence-electron chi connectivity index (χ0n) is 11.3. The first kappa shape index (κ1) is 13.3. The lowest BCUT2D eigenvalue weighted by atomic mass is 10.0. The molecule has 1 aromatic rings. The fourth-order valence-corrected chi connectivity index (χ4v) is 3.20. The normalized spacial score (nSPS) is 19.9. The molecule has 1 aliphatic heterocycles. The molecule has 0 radical (unpaired) electrons. The van der Waals surface area contributed by atoms with Crippen LogP contribution in [-0.4, -0.2) is 41.0 Å². The van der Waals surface area contributed by atoms with Crippen molar-refractivity contribution < 1.29 is 4.79 Å². The molecule has 1 aromatic heterocycles. The second kappa shape index (κ2) is 5.69. The van der Waals surface area contributed by atoms with Crippen molar-refractivity contribution in [1.82, 2.24) is 14.8 Å². The topological polar surface area (TPSA) is 36.4 Å². The highest BCUT2D eigenvalue weighted by molar-refractivity contribution is 7.09. The molecule has 2 amide bonds. The van der Waals surface area contributed by atoms with E-state index < -0.39 is 0 Å². The van der Waals surface area contributed by atoms with Crippen LogP contribution < -0.4 is 0 Å². The van der Waals surface area contributed by atoms with Crippen molar-refractivity contribution in [1.29, 1.82) is 0 Å². The van der Waals surface area contributed by atoms with Crippen LogP contribution in [0, 0.1) is 12.8 Å². The standard InChI is InChI=1S/C13H21N3OS/c1-10-5-4-6-16(7-10)13(17)15(3)8-12-11(2)14-9-18-12/h9-10H,4-8H2,1-3H3. The summed E-state index contributed by atoms with van der Waals surface area (Å²) >= 11 is 1.62. The third kappa shape index (κ3) is 3.02. The third-order valence-corrected chi connectivity index (χ3v) is 4.40. The van der Waals surface area contributed by atoms with Crippen molar-refractivity contribution >= 4 is 17.4 Å². The smallest absolute Gasteiger partial charge is 0.320 e. The Morgan fingerprint density at radius 3 is 3.06 bits per heavy atom. The number of piperidine rings is 1. The minimum atomic E-state index is 0.148. The van der Waals surface area contributed by atoms with E-state index in [2.05, 4.69) is 11.9 Å². The second-order valence-electron chi connectivity index (χ2n) is 5.19. The first-order chi connectivity index (χ1) is 8.58. The Morgan fingerprint density at radius 2 is 2.44 bits per heavy atom. The Labute approximate surface area is 113 Å². The molecule has 1 saturated heterocycles. The predicted octanol–water partition coefficient (Wildman–Crippen LogP) is 2.74. The third-order valence-electron chi connectivity index (χ3n) is 3.48. The molecule has 0 N–H and O–H groups in total. The molecular formula is C13H21N3OS. The summed E-state index contributed by atoms with van der Waals surface area (Å²) in [6, 6.07) is 0.148. The average molecular weight is 267 g/mol. The lowest BCUT2D eigenvalue weighted by Gasteiger charge is -2.33. The van der Waals surface area contributed by atoms with Gasteiger partial charge >= 0.3 is 6.03 Å². The highest BCUT2D eigenvalue weighted by Gasteiger charge is 2.23. The van der Waals surface area contributed by atoms with Gasteiger partial charge in [0.1, 0.15) is 0 Å². The van der Waals surface area contributed by atoms with Crippen LogP contribution in [0.15, 0.2) is 5.51 Å². The van der Waals surface area contributed by atoms with E-state index in [4.69, 9.17) is 0 Å². The number of likely N-dealkylation sites (tertiary alicyclic amines) is 1. The second-order valence-corrected chi connectivity index (χ2v) is 6.13. The van der Waals surface area contributed by atoms with E-state index in [1.54, 1.807) is 16.2 Å². The summed E-state index contributed by atoms with van der Waals surface area (Å²) in [4.78, 5) is 21.5.